The molecule has 1 aliphatic heterocycles. The molecular formula is C22H26FN3O4S. The minimum Gasteiger partial charge on any atom is -0.324 e. The normalized spacial score (nSPS) is 17.2. The predicted molar refractivity (Wildman–Crippen MR) is 117 cm³/mol. The van der Waals surface area contributed by atoms with Crippen LogP contribution in [0, 0.1) is 12.7 Å². The summed E-state index contributed by atoms with van der Waals surface area (Å²) in [5.41, 5.74) is 1.02. The summed E-state index contributed by atoms with van der Waals surface area (Å²) < 4.78 is 41.6. The minimum absolute atomic E-state index is 0.0579. The molecule has 1 atom stereocenters. The number of piperidine rings is 1. The fourth-order valence-corrected chi connectivity index (χ4v) is 5.38. The highest BCUT2D eigenvalue weighted by Gasteiger charge is 2.31. The number of nitrogens with one attached hydrogen (secondary N) is 2. The lowest BCUT2D eigenvalue weighted by molar-refractivity contribution is -0.114. The molecule has 7 nitrogen and oxygen atoms in total. The van der Waals surface area contributed by atoms with Crippen molar-refractivity contribution in [3.63, 3.8) is 0 Å². The number of sulfonamides is 1. The van der Waals surface area contributed by atoms with E-state index in [1.54, 1.807) is 13.0 Å². The third-order valence-corrected chi connectivity index (χ3v) is 7.35. The molecule has 1 saturated heterocycles. The van der Waals surface area contributed by atoms with Gasteiger partial charge in [0.05, 0.1) is 10.6 Å². The summed E-state index contributed by atoms with van der Waals surface area (Å²) in [4.78, 5) is 24.2. The van der Waals surface area contributed by atoms with Crippen LogP contribution in [0.2, 0.25) is 0 Å². The van der Waals surface area contributed by atoms with Crippen LogP contribution in [-0.4, -0.2) is 37.1 Å². The molecule has 0 aromatic heterocycles. The number of anilines is 2. The van der Waals surface area contributed by atoms with Crippen LogP contribution >= 0.6 is 0 Å². The van der Waals surface area contributed by atoms with Gasteiger partial charge in [0.15, 0.2) is 0 Å². The molecule has 166 valence electrons. The first-order valence-corrected chi connectivity index (χ1v) is 11.5. The van der Waals surface area contributed by atoms with Gasteiger partial charge in [-0.25, -0.2) is 12.8 Å². The zero-order chi connectivity index (χ0) is 22.8. The molecule has 2 amide bonds. The Kier molecular flexibility index (Phi) is 6.76. The minimum atomic E-state index is -3.73. The van der Waals surface area contributed by atoms with E-state index in [9.17, 15) is 22.4 Å². The Hall–Kier alpha value is -2.78. The second kappa shape index (κ2) is 9.15. The first-order chi connectivity index (χ1) is 14.6. The molecule has 1 unspecified atom stereocenters. The van der Waals surface area contributed by atoms with Gasteiger partial charge < -0.3 is 10.6 Å². The summed E-state index contributed by atoms with van der Waals surface area (Å²) in [6, 6.07) is 8.19. The molecule has 2 N–H and O–H groups in total. The Morgan fingerprint density at radius 3 is 2.52 bits per heavy atom. The van der Waals surface area contributed by atoms with Gasteiger partial charge in [0.25, 0.3) is 5.91 Å². The van der Waals surface area contributed by atoms with Crippen LogP contribution in [0.15, 0.2) is 41.3 Å². The number of aryl methyl sites for hydroxylation is 1. The molecule has 2 aromatic rings. The monoisotopic (exact) mass is 447 g/mol. The van der Waals surface area contributed by atoms with Crippen molar-refractivity contribution in [1.82, 2.24) is 4.31 Å². The molecule has 0 radical (unpaired) electrons. The van der Waals surface area contributed by atoms with E-state index in [1.807, 2.05) is 6.92 Å². The maximum Gasteiger partial charge on any atom is 0.255 e. The lowest BCUT2D eigenvalue weighted by Crippen LogP contribution is -2.42. The van der Waals surface area contributed by atoms with Gasteiger partial charge in [-0.15, -0.1) is 0 Å². The average molecular weight is 448 g/mol. The number of amides is 2. The molecule has 31 heavy (non-hydrogen) atoms. The third kappa shape index (κ3) is 5.11. The molecule has 0 saturated carbocycles. The molecule has 3 rings (SSSR count). The van der Waals surface area contributed by atoms with Gasteiger partial charge in [0.2, 0.25) is 15.9 Å². The van der Waals surface area contributed by atoms with Gasteiger partial charge >= 0.3 is 0 Å². The summed E-state index contributed by atoms with van der Waals surface area (Å²) in [5.74, 6) is -1.60. The first kappa shape index (κ1) is 22.9. The number of hydrogen-bond acceptors (Lipinski definition) is 4. The molecule has 1 aliphatic rings. The number of rotatable bonds is 5. The Balaban J connectivity index is 1.88. The molecular weight excluding hydrogens is 421 g/mol. The standard InChI is InChI=1S/C22H26FN3O4S/c1-14-7-9-18(31(29,30)26-11-5-4-6-15(26)2)13-19(14)22(28)25-17-8-10-20(23)21(12-17)24-16(3)27/h7-10,12-13,15H,4-6,11H2,1-3H3,(H,24,27)(H,25,28). The second-order valence-corrected chi connectivity index (χ2v) is 9.66. The Labute approximate surface area is 181 Å². The van der Waals surface area contributed by atoms with Crippen molar-refractivity contribution in [3.8, 4) is 0 Å². The van der Waals surface area contributed by atoms with Gasteiger partial charge in [-0.1, -0.05) is 12.5 Å². The van der Waals surface area contributed by atoms with Crippen molar-refractivity contribution in [2.45, 2.75) is 51.0 Å². The summed E-state index contributed by atoms with van der Waals surface area (Å²) in [7, 11) is -3.73. The third-order valence-electron chi connectivity index (χ3n) is 5.34. The van der Waals surface area contributed by atoms with Gasteiger partial charge in [0, 0.05) is 30.8 Å². The number of carbonyl (C=O) groups excluding carboxylic acids is 2. The molecule has 0 bridgehead atoms. The predicted octanol–water partition coefficient (Wildman–Crippen LogP) is 3.91. The van der Waals surface area contributed by atoms with Crippen LogP contribution in [0.3, 0.4) is 0 Å². The van der Waals surface area contributed by atoms with Gasteiger partial charge in [-0.3, -0.25) is 9.59 Å². The number of nitrogens with zero attached hydrogens (tertiary/aromatic N) is 1. The fraction of sp³-hybridized carbons (Fsp3) is 0.364. The lowest BCUT2D eigenvalue weighted by Gasteiger charge is -2.32. The van der Waals surface area contributed by atoms with Crippen molar-refractivity contribution in [3.05, 3.63) is 53.3 Å². The summed E-state index contributed by atoms with van der Waals surface area (Å²) in [6.45, 7) is 5.31. The fourth-order valence-electron chi connectivity index (χ4n) is 3.66. The zero-order valence-electron chi connectivity index (χ0n) is 17.7. The number of carbonyl (C=O) groups is 2. The Morgan fingerprint density at radius 1 is 1.10 bits per heavy atom. The topological polar surface area (TPSA) is 95.6 Å². The molecule has 9 heteroatoms. The largest absolute Gasteiger partial charge is 0.324 e. The van der Waals surface area contributed by atoms with Crippen molar-refractivity contribution in [2.75, 3.05) is 17.2 Å². The van der Waals surface area contributed by atoms with Gasteiger partial charge in [-0.05, 0) is 62.6 Å². The molecule has 1 heterocycles. The highest BCUT2D eigenvalue weighted by Crippen LogP contribution is 2.27. The lowest BCUT2D eigenvalue weighted by atomic mass is 10.1. The smallest absolute Gasteiger partial charge is 0.255 e. The van der Waals surface area contributed by atoms with Crippen molar-refractivity contribution >= 4 is 33.2 Å². The van der Waals surface area contributed by atoms with Crippen LogP contribution in [0.5, 0.6) is 0 Å². The quantitative estimate of drug-likeness (QED) is 0.727. The van der Waals surface area contributed by atoms with Crippen molar-refractivity contribution in [1.29, 1.82) is 0 Å². The van der Waals surface area contributed by atoms with Gasteiger partial charge in [-0.2, -0.15) is 4.31 Å². The van der Waals surface area contributed by atoms with E-state index in [0.717, 1.165) is 25.3 Å². The number of halogens is 1. The van der Waals surface area contributed by atoms with Crippen LogP contribution in [0.4, 0.5) is 15.8 Å². The molecule has 0 spiro atoms. The van der Waals surface area contributed by atoms with Crippen molar-refractivity contribution < 1.29 is 22.4 Å². The average Bonchev–Trinajstić information content (AvgIpc) is 2.70. The molecule has 2 aromatic carbocycles. The maximum atomic E-state index is 13.8. The first-order valence-electron chi connectivity index (χ1n) is 10.1. The van der Waals surface area contributed by atoms with E-state index in [4.69, 9.17) is 0 Å². The van der Waals surface area contributed by atoms with Crippen LogP contribution in [0.25, 0.3) is 0 Å². The summed E-state index contributed by atoms with van der Waals surface area (Å²) in [5, 5.41) is 5.00. The van der Waals surface area contributed by atoms with Crippen molar-refractivity contribution in [2.24, 2.45) is 0 Å². The summed E-state index contributed by atoms with van der Waals surface area (Å²) in [6.07, 6.45) is 2.61. The van der Waals surface area contributed by atoms with E-state index in [-0.39, 0.29) is 27.9 Å². The van der Waals surface area contributed by atoms with E-state index in [2.05, 4.69) is 10.6 Å². The SMILES string of the molecule is CC(=O)Nc1cc(NC(=O)c2cc(S(=O)(=O)N3CCCCC3C)ccc2C)ccc1F. The highest BCUT2D eigenvalue weighted by molar-refractivity contribution is 7.89. The zero-order valence-corrected chi connectivity index (χ0v) is 18.6. The summed E-state index contributed by atoms with van der Waals surface area (Å²) >= 11 is 0. The van der Waals surface area contributed by atoms with Crippen LogP contribution < -0.4 is 10.6 Å². The molecule has 0 aliphatic carbocycles. The Morgan fingerprint density at radius 2 is 1.84 bits per heavy atom. The number of benzene rings is 2. The van der Waals surface area contributed by atoms with E-state index < -0.39 is 27.7 Å². The second-order valence-electron chi connectivity index (χ2n) is 7.77. The highest BCUT2D eigenvalue weighted by atomic mass is 32.2. The van der Waals surface area contributed by atoms with E-state index in [0.29, 0.717) is 12.1 Å². The van der Waals surface area contributed by atoms with E-state index in [1.165, 1.54) is 35.5 Å². The van der Waals surface area contributed by atoms with Crippen LogP contribution in [0.1, 0.15) is 49.0 Å². The van der Waals surface area contributed by atoms with E-state index >= 15 is 0 Å². The Bertz CT molecular complexity index is 1120. The van der Waals surface area contributed by atoms with Gasteiger partial charge in [0.1, 0.15) is 5.82 Å². The van der Waals surface area contributed by atoms with Crippen LogP contribution in [-0.2, 0) is 14.8 Å². The molecule has 1 fully saturated rings. The maximum absolute atomic E-state index is 13.8. The number of hydrogen-bond donors (Lipinski definition) is 2.